The molecule has 0 spiro atoms. The molecule has 0 bridgehead atoms. The van der Waals surface area contributed by atoms with Crippen LogP contribution in [0.15, 0.2) is 0 Å². The maximum atomic E-state index is 9.37. The van der Waals surface area contributed by atoms with Gasteiger partial charge in [-0.3, -0.25) is 4.90 Å². The summed E-state index contributed by atoms with van der Waals surface area (Å²) in [5, 5.41) is 12.5. The van der Waals surface area contributed by atoms with Crippen molar-refractivity contribution in [1.82, 2.24) is 10.2 Å². The van der Waals surface area contributed by atoms with Crippen LogP contribution in [0.4, 0.5) is 0 Å². The summed E-state index contributed by atoms with van der Waals surface area (Å²) in [5.74, 6) is 0. The highest BCUT2D eigenvalue weighted by Gasteiger charge is 2.23. The van der Waals surface area contributed by atoms with Gasteiger partial charge >= 0.3 is 0 Å². The Kier molecular flexibility index (Phi) is 3.30. The van der Waals surface area contributed by atoms with E-state index in [9.17, 15) is 5.11 Å². The van der Waals surface area contributed by atoms with Gasteiger partial charge in [-0.2, -0.15) is 0 Å². The molecule has 1 rings (SSSR count). The SMILES string of the molecule is CNC(C(C)O)N1CCCC1. The summed E-state index contributed by atoms with van der Waals surface area (Å²) in [6.45, 7) is 4.08. The Morgan fingerprint density at radius 2 is 1.91 bits per heavy atom. The number of likely N-dealkylation sites (tertiary alicyclic amines) is 1. The largest absolute Gasteiger partial charge is 0.390 e. The summed E-state index contributed by atoms with van der Waals surface area (Å²) in [4.78, 5) is 2.30. The minimum absolute atomic E-state index is 0.150. The van der Waals surface area contributed by atoms with Crippen LogP contribution in [0.1, 0.15) is 19.8 Å². The third-order valence-electron chi connectivity index (χ3n) is 2.29. The van der Waals surface area contributed by atoms with Gasteiger partial charge in [-0.1, -0.05) is 0 Å². The van der Waals surface area contributed by atoms with Gasteiger partial charge < -0.3 is 10.4 Å². The molecule has 0 aromatic carbocycles. The lowest BCUT2D eigenvalue weighted by Crippen LogP contribution is -2.49. The number of aliphatic hydroxyl groups is 1. The fourth-order valence-corrected chi connectivity index (χ4v) is 1.75. The van der Waals surface area contributed by atoms with Crippen LogP contribution in [0, 0.1) is 0 Å². The van der Waals surface area contributed by atoms with Crippen molar-refractivity contribution in [3.63, 3.8) is 0 Å². The van der Waals surface area contributed by atoms with Crippen molar-refractivity contribution in [2.45, 2.75) is 32.0 Å². The highest BCUT2D eigenvalue weighted by molar-refractivity contribution is 4.76. The molecule has 0 aromatic heterocycles. The predicted molar refractivity (Wildman–Crippen MR) is 45.3 cm³/mol. The van der Waals surface area contributed by atoms with E-state index in [0.717, 1.165) is 13.1 Å². The molecular formula is C8H18N2O. The zero-order valence-corrected chi connectivity index (χ0v) is 7.38. The number of aliphatic hydroxyl groups excluding tert-OH is 1. The smallest absolute Gasteiger partial charge is 0.0859 e. The van der Waals surface area contributed by atoms with Crippen LogP contribution in [0.25, 0.3) is 0 Å². The van der Waals surface area contributed by atoms with Crippen LogP contribution in [-0.4, -0.2) is 42.4 Å². The van der Waals surface area contributed by atoms with Crippen molar-refractivity contribution in [3.05, 3.63) is 0 Å². The average Bonchev–Trinajstić information content (AvgIpc) is 2.40. The van der Waals surface area contributed by atoms with Gasteiger partial charge in [-0.05, 0) is 39.9 Å². The quantitative estimate of drug-likeness (QED) is 0.607. The van der Waals surface area contributed by atoms with Crippen LogP contribution >= 0.6 is 0 Å². The molecule has 1 saturated heterocycles. The Morgan fingerprint density at radius 3 is 2.27 bits per heavy atom. The zero-order valence-electron chi connectivity index (χ0n) is 7.38. The molecule has 0 saturated carbocycles. The first-order chi connectivity index (χ1) is 5.25. The van der Waals surface area contributed by atoms with Gasteiger partial charge in [0.25, 0.3) is 0 Å². The van der Waals surface area contributed by atoms with Crippen LogP contribution in [-0.2, 0) is 0 Å². The molecule has 66 valence electrons. The van der Waals surface area contributed by atoms with Crippen molar-refractivity contribution in [1.29, 1.82) is 0 Å². The summed E-state index contributed by atoms with van der Waals surface area (Å²) < 4.78 is 0. The van der Waals surface area contributed by atoms with Gasteiger partial charge in [0, 0.05) is 0 Å². The highest BCUT2D eigenvalue weighted by atomic mass is 16.3. The van der Waals surface area contributed by atoms with E-state index in [1.807, 2.05) is 14.0 Å². The Hall–Kier alpha value is -0.120. The first-order valence-electron chi connectivity index (χ1n) is 4.35. The molecular weight excluding hydrogens is 140 g/mol. The lowest BCUT2D eigenvalue weighted by molar-refractivity contribution is 0.0595. The third kappa shape index (κ3) is 2.15. The molecule has 1 aliphatic heterocycles. The van der Waals surface area contributed by atoms with E-state index in [-0.39, 0.29) is 12.3 Å². The van der Waals surface area contributed by atoms with Gasteiger partial charge in [0.2, 0.25) is 0 Å². The number of rotatable bonds is 3. The number of likely N-dealkylation sites (N-methyl/N-ethyl adjacent to an activating group) is 1. The number of hydrogen-bond acceptors (Lipinski definition) is 3. The highest BCUT2D eigenvalue weighted by Crippen LogP contribution is 2.11. The van der Waals surface area contributed by atoms with E-state index in [1.54, 1.807) is 0 Å². The van der Waals surface area contributed by atoms with Gasteiger partial charge in [-0.25, -0.2) is 0 Å². The van der Waals surface area contributed by atoms with Crippen LogP contribution in [0.5, 0.6) is 0 Å². The van der Waals surface area contributed by atoms with Crippen molar-refractivity contribution in [2.24, 2.45) is 0 Å². The molecule has 0 aliphatic carbocycles. The summed E-state index contributed by atoms with van der Waals surface area (Å²) in [6.07, 6.45) is 2.41. The van der Waals surface area contributed by atoms with Crippen LogP contribution in [0.2, 0.25) is 0 Å². The molecule has 2 N–H and O–H groups in total. The van der Waals surface area contributed by atoms with Gasteiger partial charge in [0.1, 0.15) is 0 Å². The monoisotopic (exact) mass is 158 g/mol. The molecule has 3 heteroatoms. The Bertz CT molecular complexity index is 111. The average molecular weight is 158 g/mol. The third-order valence-corrected chi connectivity index (χ3v) is 2.29. The maximum absolute atomic E-state index is 9.37. The lowest BCUT2D eigenvalue weighted by Gasteiger charge is -2.29. The van der Waals surface area contributed by atoms with E-state index < -0.39 is 0 Å². The molecule has 3 nitrogen and oxygen atoms in total. The summed E-state index contributed by atoms with van der Waals surface area (Å²) >= 11 is 0. The first-order valence-corrected chi connectivity index (χ1v) is 4.35. The molecule has 2 unspecified atom stereocenters. The minimum atomic E-state index is -0.280. The molecule has 0 amide bonds. The fourth-order valence-electron chi connectivity index (χ4n) is 1.75. The normalized spacial score (nSPS) is 25.4. The van der Waals surface area contributed by atoms with E-state index in [1.165, 1.54) is 12.8 Å². The summed E-state index contributed by atoms with van der Waals surface area (Å²) in [6, 6.07) is 0. The topological polar surface area (TPSA) is 35.5 Å². The molecule has 1 fully saturated rings. The van der Waals surface area contributed by atoms with Crippen LogP contribution in [0.3, 0.4) is 0 Å². The summed E-state index contributed by atoms with van der Waals surface area (Å²) in [5.41, 5.74) is 0. The van der Waals surface area contributed by atoms with E-state index in [4.69, 9.17) is 0 Å². The second-order valence-corrected chi connectivity index (χ2v) is 3.22. The predicted octanol–water partition coefficient (Wildman–Crippen LogP) is 0.00850. The second-order valence-electron chi connectivity index (χ2n) is 3.22. The number of hydrogen-bond donors (Lipinski definition) is 2. The maximum Gasteiger partial charge on any atom is 0.0859 e. The van der Waals surface area contributed by atoms with Gasteiger partial charge in [0.15, 0.2) is 0 Å². The van der Waals surface area contributed by atoms with E-state index in [2.05, 4.69) is 10.2 Å². The van der Waals surface area contributed by atoms with E-state index >= 15 is 0 Å². The second kappa shape index (κ2) is 4.04. The Balaban J connectivity index is 2.40. The number of nitrogens with zero attached hydrogens (tertiary/aromatic N) is 1. The lowest BCUT2D eigenvalue weighted by atomic mass is 10.3. The minimum Gasteiger partial charge on any atom is -0.390 e. The van der Waals surface area contributed by atoms with E-state index in [0.29, 0.717) is 0 Å². The molecule has 0 aromatic rings. The molecule has 2 atom stereocenters. The Labute approximate surface area is 68.4 Å². The Morgan fingerprint density at radius 1 is 1.36 bits per heavy atom. The van der Waals surface area contributed by atoms with Gasteiger partial charge in [0.05, 0.1) is 12.3 Å². The summed E-state index contributed by atoms with van der Waals surface area (Å²) in [7, 11) is 1.90. The van der Waals surface area contributed by atoms with Crippen molar-refractivity contribution < 1.29 is 5.11 Å². The zero-order chi connectivity index (χ0) is 8.27. The van der Waals surface area contributed by atoms with Gasteiger partial charge in [-0.15, -0.1) is 0 Å². The fraction of sp³-hybridized carbons (Fsp3) is 1.00. The van der Waals surface area contributed by atoms with Crippen LogP contribution < -0.4 is 5.32 Å². The standard InChI is InChI=1S/C8H18N2O/c1-7(11)8(9-2)10-5-3-4-6-10/h7-9,11H,3-6H2,1-2H3. The molecule has 0 radical (unpaired) electrons. The number of nitrogens with one attached hydrogen (secondary N) is 1. The van der Waals surface area contributed by atoms with Crippen molar-refractivity contribution in [3.8, 4) is 0 Å². The molecule has 1 heterocycles. The van der Waals surface area contributed by atoms with Crippen molar-refractivity contribution >= 4 is 0 Å². The van der Waals surface area contributed by atoms with Crippen molar-refractivity contribution in [2.75, 3.05) is 20.1 Å². The molecule has 1 aliphatic rings. The molecule has 11 heavy (non-hydrogen) atoms. The first kappa shape index (κ1) is 8.97.